The van der Waals surface area contributed by atoms with E-state index in [2.05, 4.69) is 5.32 Å². The van der Waals surface area contributed by atoms with Crippen molar-refractivity contribution < 1.29 is 19.8 Å². The van der Waals surface area contributed by atoms with Gasteiger partial charge in [-0.1, -0.05) is 36.4 Å². The molecule has 2 aromatic rings. The lowest BCUT2D eigenvalue weighted by molar-refractivity contribution is 0.0652. The summed E-state index contributed by atoms with van der Waals surface area (Å²) in [6, 6.07) is 13.3. The van der Waals surface area contributed by atoms with Crippen LogP contribution < -0.4 is 11.1 Å². The zero-order valence-corrected chi connectivity index (χ0v) is 11.7. The van der Waals surface area contributed by atoms with Gasteiger partial charge in [0.25, 0.3) is 0 Å². The molecule has 5 N–H and O–H groups in total. The van der Waals surface area contributed by atoms with Crippen LogP contribution >= 0.6 is 0 Å². The minimum atomic E-state index is -1.30. The lowest BCUT2D eigenvalue weighted by Gasteiger charge is -2.16. The number of carbonyl (C=O) groups is 2. The van der Waals surface area contributed by atoms with Gasteiger partial charge in [0.1, 0.15) is 0 Å². The van der Waals surface area contributed by atoms with Crippen LogP contribution in [0.2, 0.25) is 0 Å². The molecule has 0 fully saturated rings. The molecule has 0 spiro atoms. The molecule has 0 aliphatic carbocycles. The highest BCUT2D eigenvalue weighted by molar-refractivity contribution is 6.05. The van der Waals surface area contributed by atoms with Crippen LogP contribution in [-0.4, -0.2) is 28.7 Å². The molecule has 1 unspecified atom stereocenters. The van der Waals surface area contributed by atoms with Crippen LogP contribution in [0.5, 0.6) is 0 Å². The fourth-order valence-corrected chi connectivity index (χ4v) is 2.15. The van der Waals surface area contributed by atoms with Crippen LogP contribution in [0, 0.1) is 0 Å². The number of carboxylic acid groups (broad SMARTS) is 2. The van der Waals surface area contributed by atoms with Crippen LogP contribution in [0.25, 0.3) is 0 Å². The molecule has 0 aliphatic rings. The second-order valence-corrected chi connectivity index (χ2v) is 4.74. The van der Waals surface area contributed by atoms with Crippen molar-refractivity contribution in [1.82, 2.24) is 0 Å². The topological polar surface area (TPSA) is 113 Å². The van der Waals surface area contributed by atoms with Crippen molar-refractivity contribution in [1.29, 1.82) is 0 Å². The maximum atomic E-state index is 11.3. The molecule has 2 rings (SSSR count). The molecule has 6 nitrogen and oxygen atoms in total. The highest BCUT2D eigenvalue weighted by Gasteiger charge is 2.20. The summed E-state index contributed by atoms with van der Waals surface area (Å²) in [6.07, 6.45) is 0. The number of anilines is 1. The van der Waals surface area contributed by atoms with Crippen LogP contribution in [0.4, 0.5) is 5.69 Å². The monoisotopic (exact) mass is 300 g/mol. The quantitative estimate of drug-likeness (QED) is 0.650. The molecule has 0 amide bonds. The van der Waals surface area contributed by atoms with E-state index in [-0.39, 0.29) is 29.4 Å². The van der Waals surface area contributed by atoms with Crippen LogP contribution in [0.1, 0.15) is 32.3 Å². The Morgan fingerprint density at radius 2 is 1.68 bits per heavy atom. The number of nitrogens with one attached hydrogen (secondary N) is 1. The van der Waals surface area contributed by atoms with E-state index in [0.717, 1.165) is 5.56 Å². The molecular formula is C16H16N2O4. The van der Waals surface area contributed by atoms with E-state index in [0.29, 0.717) is 0 Å². The summed E-state index contributed by atoms with van der Waals surface area (Å²) >= 11 is 0. The first-order valence-corrected chi connectivity index (χ1v) is 6.64. The normalized spacial score (nSPS) is 11.7. The van der Waals surface area contributed by atoms with E-state index < -0.39 is 11.9 Å². The van der Waals surface area contributed by atoms with Crippen molar-refractivity contribution in [2.75, 3.05) is 11.9 Å². The number of benzene rings is 2. The van der Waals surface area contributed by atoms with Gasteiger partial charge in [-0.05, 0) is 17.7 Å². The van der Waals surface area contributed by atoms with Gasteiger partial charge in [-0.3, -0.25) is 0 Å². The summed E-state index contributed by atoms with van der Waals surface area (Å²) in [5.74, 6) is -2.58. The average molecular weight is 300 g/mol. The van der Waals surface area contributed by atoms with Crippen molar-refractivity contribution >= 4 is 17.6 Å². The van der Waals surface area contributed by atoms with Gasteiger partial charge in [0.2, 0.25) is 0 Å². The third-order valence-electron chi connectivity index (χ3n) is 3.25. The largest absolute Gasteiger partial charge is 0.478 e. The SMILES string of the molecule is NC(CNc1cccc(C(=O)O)c1C(=O)O)c1ccccc1. The second-order valence-electron chi connectivity index (χ2n) is 4.74. The zero-order chi connectivity index (χ0) is 16.1. The maximum absolute atomic E-state index is 11.3. The van der Waals surface area contributed by atoms with Gasteiger partial charge < -0.3 is 21.3 Å². The van der Waals surface area contributed by atoms with Crippen molar-refractivity contribution in [2.24, 2.45) is 5.73 Å². The van der Waals surface area contributed by atoms with Gasteiger partial charge in [0.15, 0.2) is 0 Å². The van der Waals surface area contributed by atoms with Gasteiger partial charge >= 0.3 is 11.9 Å². The summed E-state index contributed by atoms with van der Waals surface area (Å²) in [5, 5.41) is 21.2. The Morgan fingerprint density at radius 3 is 2.27 bits per heavy atom. The van der Waals surface area contributed by atoms with E-state index in [1.165, 1.54) is 18.2 Å². The molecule has 0 saturated heterocycles. The molecule has 2 aromatic carbocycles. The van der Waals surface area contributed by atoms with Crippen molar-refractivity contribution in [3.05, 3.63) is 65.2 Å². The lowest BCUT2D eigenvalue weighted by atomic mass is 10.0. The van der Waals surface area contributed by atoms with Gasteiger partial charge in [0, 0.05) is 18.3 Å². The Balaban J connectivity index is 2.21. The molecule has 22 heavy (non-hydrogen) atoms. The molecule has 0 bridgehead atoms. The smallest absolute Gasteiger partial charge is 0.338 e. The first kappa shape index (κ1) is 15.5. The first-order chi connectivity index (χ1) is 10.5. The third kappa shape index (κ3) is 3.42. The van der Waals surface area contributed by atoms with Crippen molar-refractivity contribution in [3.63, 3.8) is 0 Å². The van der Waals surface area contributed by atoms with E-state index >= 15 is 0 Å². The molecule has 0 aliphatic heterocycles. The van der Waals surface area contributed by atoms with E-state index in [9.17, 15) is 14.7 Å². The highest BCUT2D eigenvalue weighted by Crippen LogP contribution is 2.21. The fraction of sp³-hybridized carbons (Fsp3) is 0.125. The summed E-state index contributed by atoms with van der Waals surface area (Å²) < 4.78 is 0. The molecule has 6 heteroatoms. The standard InChI is InChI=1S/C16H16N2O4/c17-12(10-5-2-1-3-6-10)9-18-13-8-4-7-11(15(19)20)14(13)16(21)22/h1-8,12,18H,9,17H2,(H,19,20)(H,21,22). The average Bonchev–Trinajstić information content (AvgIpc) is 2.52. The minimum Gasteiger partial charge on any atom is -0.478 e. The Kier molecular flexibility index (Phi) is 4.75. The molecular weight excluding hydrogens is 284 g/mol. The van der Waals surface area contributed by atoms with Gasteiger partial charge in [-0.25, -0.2) is 9.59 Å². The highest BCUT2D eigenvalue weighted by atomic mass is 16.4. The summed E-state index contributed by atoms with van der Waals surface area (Å²) in [5.41, 5.74) is 6.65. The number of nitrogens with two attached hydrogens (primary N) is 1. The predicted molar refractivity (Wildman–Crippen MR) is 82.2 cm³/mol. The maximum Gasteiger partial charge on any atom is 0.338 e. The van der Waals surface area contributed by atoms with Gasteiger partial charge in [0.05, 0.1) is 11.1 Å². The summed E-state index contributed by atoms with van der Waals surface area (Å²) in [7, 11) is 0. The number of aromatic carboxylic acids is 2. The van der Waals surface area contributed by atoms with Crippen molar-refractivity contribution in [2.45, 2.75) is 6.04 Å². The van der Waals surface area contributed by atoms with Crippen molar-refractivity contribution in [3.8, 4) is 0 Å². The van der Waals surface area contributed by atoms with E-state index in [4.69, 9.17) is 10.8 Å². The van der Waals surface area contributed by atoms with E-state index in [1.54, 1.807) is 0 Å². The molecule has 0 radical (unpaired) electrons. The predicted octanol–water partition coefficient (Wildman–Crippen LogP) is 2.19. The van der Waals surface area contributed by atoms with E-state index in [1.807, 2.05) is 30.3 Å². The van der Waals surface area contributed by atoms with Crippen LogP contribution in [-0.2, 0) is 0 Å². The minimum absolute atomic E-state index is 0.235. The third-order valence-corrected chi connectivity index (χ3v) is 3.25. The Labute approximate surface area is 127 Å². The van der Waals surface area contributed by atoms with Crippen LogP contribution in [0.3, 0.4) is 0 Å². The molecule has 114 valence electrons. The fourth-order valence-electron chi connectivity index (χ4n) is 2.15. The van der Waals surface area contributed by atoms with Gasteiger partial charge in [-0.2, -0.15) is 0 Å². The summed E-state index contributed by atoms with van der Waals surface area (Å²) in [6.45, 7) is 0.285. The summed E-state index contributed by atoms with van der Waals surface area (Å²) in [4.78, 5) is 22.4. The number of rotatable bonds is 6. The molecule has 1 atom stereocenters. The van der Waals surface area contributed by atoms with Crippen LogP contribution in [0.15, 0.2) is 48.5 Å². The first-order valence-electron chi connectivity index (χ1n) is 6.64. The number of hydrogen-bond acceptors (Lipinski definition) is 4. The lowest BCUT2D eigenvalue weighted by Crippen LogP contribution is -2.22. The zero-order valence-electron chi connectivity index (χ0n) is 11.7. The Hall–Kier alpha value is -2.86. The number of carboxylic acids is 2. The second kappa shape index (κ2) is 6.73. The Bertz CT molecular complexity index is 686. The van der Waals surface area contributed by atoms with Gasteiger partial charge in [-0.15, -0.1) is 0 Å². The molecule has 0 saturated carbocycles. The Morgan fingerprint density at radius 1 is 1.00 bits per heavy atom. The molecule has 0 aromatic heterocycles. The molecule has 0 heterocycles. The number of hydrogen-bond donors (Lipinski definition) is 4.